The highest BCUT2D eigenvalue weighted by atomic mass is 16.1. The second-order valence-electron chi connectivity index (χ2n) is 6.61. The monoisotopic (exact) mass is 373 g/mol. The fourth-order valence-electron chi connectivity index (χ4n) is 2.99. The summed E-state index contributed by atoms with van der Waals surface area (Å²) in [6, 6.07) is 16.5. The molecular formula is C23H23N3O2. The minimum atomic E-state index is -0.188. The third-order valence-corrected chi connectivity index (χ3v) is 4.54. The van der Waals surface area contributed by atoms with Crippen molar-refractivity contribution in [3.05, 3.63) is 83.0 Å². The van der Waals surface area contributed by atoms with Crippen molar-refractivity contribution in [2.75, 3.05) is 10.6 Å². The molecule has 142 valence electrons. The lowest BCUT2D eigenvalue weighted by Gasteiger charge is -2.13. The van der Waals surface area contributed by atoms with Gasteiger partial charge in [0.25, 0.3) is 5.91 Å². The van der Waals surface area contributed by atoms with Gasteiger partial charge in [-0.25, -0.2) is 4.98 Å². The standard InChI is InChI=1S/C23H23N3O2/c1-4-17-8-5-7-15(2)22(17)26-23(28)19-11-12-24-21(14-19)25-20-10-6-9-18(13-20)16(3)27/h5-14H,4H2,1-3H3,(H,24,25)(H,26,28). The normalized spacial score (nSPS) is 10.4. The van der Waals surface area contributed by atoms with Gasteiger partial charge < -0.3 is 10.6 Å². The molecule has 0 radical (unpaired) electrons. The lowest BCUT2D eigenvalue weighted by Crippen LogP contribution is -2.14. The highest BCUT2D eigenvalue weighted by Crippen LogP contribution is 2.23. The molecule has 0 fully saturated rings. The molecule has 3 aromatic rings. The molecule has 2 N–H and O–H groups in total. The topological polar surface area (TPSA) is 71.1 Å². The lowest BCUT2D eigenvalue weighted by atomic mass is 10.1. The van der Waals surface area contributed by atoms with Crippen LogP contribution < -0.4 is 10.6 Å². The molecule has 1 aromatic heterocycles. The maximum absolute atomic E-state index is 12.8. The molecule has 5 heteroatoms. The molecule has 0 aliphatic rings. The largest absolute Gasteiger partial charge is 0.340 e. The number of amides is 1. The zero-order chi connectivity index (χ0) is 20.1. The number of hydrogen-bond acceptors (Lipinski definition) is 4. The Morgan fingerprint density at radius 1 is 1.00 bits per heavy atom. The Hall–Kier alpha value is -3.47. The molecule has 3 rings (SSSR count). The summed E-state index contributed by atoms with van der Waals surface area (Å²) in [6.07, 6.45) is 2.43. The second-order valence-corrected chi connectivity index (χ2v) is 6.61. The first kappa shape index (κ1) is 19.3. The maximum atomic E-state index is 12.8. The summed E-state index contributed by atoms with van der Waals surface area (Å²) in [4.78, 5) is 28.6. The van der Waals surface area contributed by atoms with Crippen molar-refractivity contribution < 1.29 is 9.59 Å². The average molecular weight is 373 g/mol. The second kappa shape index (κ2) is 8.48. The number of carbonyl (C=O) groups excluding carboxylic acids is 2. The minimum Gasteiger partial charge on any atom is -0.340 e. The maximum Gasteiger partial charge on any atom is 0.255 e. The quantitative estimate of drug-likeness (QED) is 0.586. The van der Waals surface area contributed by atoms with E-state index in [1.54, 1.807) is 36.5 Å². The van der Waals surface area contributed by atoms with Crippen LogP contribution in [-0.4, -0.2) is 16.7 Å². The smallest absolute Gasteiger partial charge is 0.255 e. The number of para-hydroxylation sites is 1. The zero-order valence-electron chi connectivity index (χ0n) is 16.2. The zero-order valence-corrected chi connectivity index (χ0v) is 16.2. The van der Waals surface area contributed by atoms with Gasteiger partial charge in [-0.05, 0) is 55.7 Å². The summed E-state index contributed by atoms with van der Waals surface area (Å²) in [7, 11) is 0. The molecule has 0 aliphatic heterocycles. The number of hydrogen-bond donors (Lipinski definition) is 2. The Balaban J connectivity index is 1.81. The van der Waals surface area contributed by atoms with Crippen molar-refractivity contribution in [1.29, 1.82) is 0 Å². The summed E-state index contributed by atoms with van der Waals surface area (Å²) >= 11 is 0. The van der Waals surface area contributed by atoms with Crippen LogP contribution in [0.3, 0.4) is 0 Å². The minimum absolute atomic E-state index is 0.00491. The van der Waals surface area contributed by atoms with Gasteiger partial charge in [0, 0.05) is 28.7 Å². The summed E-state index contributed by atoms with van der Waals surface area (Å²) < 4.78 is 0. The summed E-state index contributed by atoms with van der Waals surface area (Å²) in [5, 5.41) is 6.17. The fourth-order valence-corrected chi connectivity index (χ4v) is 2.99. The molecule has 0 unspecified atom stereocenters. The van der Waals surface area contributed by atoms with Crippen LogP contribution >= 0.6 is 0 Å². The summed E-state index contributed by atoms with van der Waals surface area (Å²) in [5.41, 5.74) is 4.85. The van der Waals surface area contributed by atoms with Gasteiger partial charge in [0.2, 0.25) is 0 Å². The SMILES string of the molecule is CCc1cccc(C)c1NC(=O)c1ccnc(Nc2cccc(C(C)=O)c2)c1. The Labute approximate surface area is 164 Å². The van der Waals surface area contributed by atoms with Crippen LogP contribution in [0.4, 0.5) is 17.2 Å². The summed E-state index contributed by atoms with van der Waals surface area (Å²) in [5.74, 6) is 0.343. The van der Waals surface area contributed by atoms with E-state index in [4.69, 9.17) is 0 Å². The number of ketones is 1. The molecular weight excluding hydrogens is 350 g/mol. The van der Waals surface area contributed by atoms with Crippen molar-refractivity contribution in [1.82, 2.24) is 4.98 Å². The van der Waals surface area contributed by atoms with E-state index >= 15 is 0 Å². The van der Waals surface area contributed by atoms with Crippen molar-refractivity contribution in [2.24, 2.45) is 0 Å². The van der Waals surface area contributed by atoms with Gasteiger partial charge in [-0.1, -0.05) is 37.3 Å². The van der Waals surface area contributed by atoms with E-state index in [2.05, 4.69) is 22.5 Å². The highest BCUT2D eigenvalue weighted by molar-refractivity contribution is 6.05. The molecule has 0 saturated carbocycles. The number of benzene rings is 2. The van der Waals surface area contributed by atoms with E-state index < -0.39 is 0 Å². The molecule has 0 atom stereocenters. The fraction of sp³-hybridized carbons (Fsp3) is 0.174. The third kappa shape index (κ3) is 4.43. The number of aryl methyl sites for hydroxylation is 2. The number of rotatable bonds is 6. The highest BCUT2D eigenvalue weighted by Gasteiger charge is 2.12. The van der Waals surface area contributed by atoms with E-state index in [1.807, 2.05) is 31.2 Å². The van der Waals surface area contributed by atoms with Gasteiger partial charge in [0.05, 0.1) is 0 Å². The lowest BCUT2D eigenvalue weighted by molar-refractivity contribution is 0.101. The first-order valence-electron chi connectivity index (χ1n) is 9.22. The Kier molecular flexibility index (Phi) is 5.84. The van der Waals surface area contributed by atoms with Crippen molar-refractivity contribution in [3.8, 4) is 0 Å². The Morgan fingerprint density at radius 3 is 2.54 bits per heavy atom. The van der Waals surface area contributed by atoms with E-state index in [1.165, 1.54) is 6.92 Å². The predicted molar refractivity (Wildman–Crippen MR) is 112 cm³/mol. The number of nitrogens with one attached hydrogen (secondary N) is 2. The average Bonchev–Trinajstić information content (AvgIpc) is 2.69. The van der Waals surface area contributed by atoms with E-state index in [0.29, 0.717) is 16.9 Å². The summed E-state index contributed by atoms with van der Waals surface area (Å²) in [6.45, 7) is 5.57. The number of pyridine rings is 1. The van der Waals surface area contributed by atoms with E-state index in [-0.39, 0.29) is 11.7 Å². The van der Waals surface area contributed by atoms with Gasteiger partial charge in [-0.3, -0.25) is 9.59 Å². The van der Waals surface area contributed by atoms with Gasteiger partial charge in [-0.2, -0.15) is 0 Å². The molecule has 28 heavy (non-hydrogen) atoms. The molecule has 0 saturated heterocycles. The van der Waals surface area contributed by atoms with Crippen LogP contribution in [0.2, 0.25) is 0 Å². The molecule has 0 aliphatic carbocycles. The first-order chi connectivity index (χ1) is 13.5. The van der Waals surface area contributed by atoms with Crippen LogP contribution in [0.1, 0.15) is 45.7 Å². The molecule has 5 nitrogen and oxygen atoms in total. The predicted octanol–water partition coefficient (Wildman–Crippen LogP) is 5.15. The Morgan fingerprint density at radius 2 is 1.79 bits per heavy atom. The molecule has 2 aromatic carbocycles. The molecule has 1 amide bonds. The van der Waals surface area contributed by atoms with Gasteiger partial charge >= 0.3 is 0 Å². The van der Waals surface area contributed by atoms with Crippen LogP contribution in [0.15, 0.2) is 60.8 Å². The molecule has 0 spiro atoms. The number of Topliss-reactive ketones (excluding diaryl/α,β-unsaturated/α-hetero) is 1. The third-order valence-electron chi connectivity index (χ3n) is 4.54. The van der Waals surface area contributed by atoms with Crippen LogP contribution in [0.5, 0.6) is 0 Å². The number of anilines is 3. The van der Waals surface area contributed by atoms with E-state index in [9.17, 15) is 9.59 Å². The van der Waals surface area contributed by atoms with Crippen LogP contribution in [0.25, 0.3) is 0 Å². The van der Waals surface area contributed by atoms with E-state index in [0.717, 1.165) is 28.9 Å². The van der Waals surface area contributed by atoms with Crippen molar-refractivity contribution in [3.63, 3.8) is 0 Å². The number of aromatic nitrogens is 1. The van der Waals surface area contributed by atoms with Gasteiger partial charge in [-0.15, -0.1) is 0 Å². The van der Waals surface area contributed by atoms with Crippen molar-refractivity contribution in [2.45, 2.75) is 27.2 Å². The molecule has 0 bridgehead atoms. The number of carbonyl (C=O) groups is 2. The van der Waals surface area contributed by atoms with Gasteiger partial charge in [0.15, 0.2) is 5.78 Å². The van der Waals surface area contributed by atoms with Crippen molar-refractivity contribution >= 4 is 28.9 Å². The number of nitrogens with zero attached hydrogens (tertiary/aromatic N) is 1. The van der Waals surface area contributed by atoms with Crippen LogP contribution in [0, 0.1) is 6.92 Å². The van der Waals surface area contributed by atoms with Crippen LogP contribution in [-0.2, 0) is 6.42 Å². The van der Waals surface area contributed by atoms with Gasteiger partial charge in [0.1, 0.15) is 5.82 Å². The molecule has 1 heterocycles. The first-order valence-corrected chi connectivity index (χ1v) is 9.22. The Bertz CT molecular complexity index is 1030.